The molecule has 4 N–H and O–H groups in total. The number of carbonyl (C=O) groups excluding carboxylic acids is 1. The van der Waals surface area contributed by atoms with E-state index in [9.17, 15) is 14.7 Å². The Morgan fingerprint density at radius 2 is 2.14 bits per heavy atom. The van der Waals surface area contributed by atoms with Gasteiger partial charge in [-0.2, -0.15) is 5.10 Å². The number of carboxylic acids is 1. The molecule has 1 heterocycles. The number of aromatic hydroxyl groups is 2. The van der Waals surface area contributed by atoms with Crippen LogP contribution in [-0.2, 0) is 9.59 Å². The molecule has 0 saturated carbocycles. The van der Waals surface area contributed by atoms with E-state index >= 15 is 0 Å². The van der Waals surface area contributed by atoms with Crippen LogP contribution < -0.4 is 5.32 Å². The van der Waals surface area contributed by atoms with Crippen molar-refractivity contribution in [3.63, 3.8) is 0 Å². The summed E-state index contributed by atoms with van der Waals surface area (Å²) in [6, 6.07) is 4.12. The minimum atomic E-state index is -1.06. The Labute approximate surface area is 123 Å². The molecule has 1 amide bonds. The zero-order valence-corrected chi connectivity index (χ0v) is 11.4. The number of phenolic OH excluding ortho intramolecular Hbond substituents is 2. The molecule has 9 heteroatoms. The van der Waals surface area contributed by atoms with E-state index in [2.05, 4.69) is 15.5 Å². The number of rotatable bonds is 4. The van der Waals surface area contributed by atoms with Crippen LogP contribution in [0.1, 0.15) is 12.0 Å². The number of phenols is 2. The first-order chi connectivity index (χ1) is 9.95. The Balaban J connectivity index is 2.01. The number of carbonyl (C=O) groups is 2. The SMILES string of the molecule is O=C(O)C[C@@H]1S/C(=N\N=C\c2ccc(O)c(O)c2)NC1=O. The molecule has 0 bridgehead atoms. The number of benzene rings is 1. The molecule has 110 valence electrons. The molecule has 1 aliphatic heterocycles. The average molecular weight is 309 g/mol. The number of nitrogens with zero attached hydrogens (tertiary/aromatic N) is 2. The molecule has 0 spiro atoms. The Morgan fingerprint density at radius 3 is 2.81 bits per heavy atom. The highest BCUT2D eigenvalue weighted by Crippen LogP contribution is 2.24. The molecule has 21 heavy (non-hydrogen) atoms. The Kier molecular flexibility index (Phi) is 4.43. The van der Waals surface area contributed by atoms with Crippen LogP contribution in [0.25, 0.3) is 0 Å². The van der Waals surface area contributed by atoms with E-state index in [0.717, 1.165) is 11.8 Å². The second-order valence-electron chi connectivity index (χ2n) is 4.09. The first-order valence-corrected chi connectivity index (χ1v) is 6.66. The van der Waals surface area contributed by atoms with Gasteiger partial charge in [0.15, 0.2) is 16.7 Å². The molecule has 1 saturated heterocycles. The summed E-state index contributed by atoms with van der Waals surface area (Å²) in [5.41, 5.74) is 0.506. The van der Waals surface area contributed by atoms with E-state index in [1.54, 1.807) is 0 Å². The Bertz CT molecular complexity index is 644. The predicted molar refractivity (Wildman–Crippen MR) is 76.6 cm³/mol. The normalized spacial score (nSPS) is 20.1. The molecule has 0 aromatic heterocycles. The summed E-state index contributed by atoms with van der Waals surface area (Å²) in [6.45, 7) is 0. The van der Waals surface area contributed by atoms with Crippen molar-refractivity contribution < 1.29 is 24.9 Å². The van der Waals surface area contributed by atoms with Gasteiger partial charge in [0, 0.05) is 0 Å². The standard InChI is InChI=1S/C12H11N3O5S/c16-7-2-1-6(3-8(7)17)5-13-15-12-14-11(20)9(21-12)4-10(18)19/h1-3,5,9,16-17H,4H2,(H,18,19)(H,14,15,20)/b13-5+/t9-/m0/s1. The van der Waals surface area contributed by atoms with E-state index in [1.165, 1.54) is 24.4 Å². The number of hydrogen-bond donors (Lipinski definition) is 4. The fraction of sp³-hybridized carbons (Fsp3) is 0.167. The van der Waals surface area contributed by atoms with Gasteiger partial charge in [-0.3, -0.25) is 9.59 Å². The predicted octanol–water partition coefficient (Wildman–Crippen LogP) is 0.494. The minimum absolute atomic E-state index is 0.213. The van der Waals surface area contributed by atoms with Gasteiger partial charge in [-0.1, -0.05) is 11.8 Å². The molecule has 1 aliphatic rings. The molecular weight excluding hydrogens is 298 g/mol. The number of hydrogen-bond acceptors (Lipinski definition) is 7. The number of nitrogens with one attached hydrogen (secondary N) is 1. The number of amides is 1. The van der Waals surface area contributed by atoms with Gasteiger partial charge in [0.25, 0.3) is 0 Å². The second-order valence-corrected chi connectivity index (χ2v) is 5.28. The fourth-order valence-corrected chi connectivity index (χ4v) is 2.43. The maximum absolute atomic E-state index is 11.4. The number of amidine groups is 1. The summed E-state index contributed by atoms with van der Waals surface area (Å²) in [6.07, 6.45) is 1.04. The van der Waals surface area contributed by atoms with Crippen molar-refractivity contribution in [2.24, 2.45) is 10.2 Å². The zero-order valence-electron chi connectivity index (χ0n) is 10.6. The summed E-state index contributed by atoms with van der Waals surface area (Å²) in [5, 5.41) is 36.5. The van der Waals surface area contributed by atoms with Crippen LogP contribution in [0, 0.1) is 0 Å². The summed E-state index contributed by atoms with van der Waals surface area (Å²) in [7, 11) is 0. The summed E-state index contributed by atoms with van der Waals surface area (Å²) in [5.74, 6) is -2.00. The molecular formula is C12H11N3O5S. The van der Waals surface area contributed by atoms with Gasteiger partial charge < -0.3 is 20.6 Å². The van der Waals surface area contributed by atoms with E-state index in [-0.39, 0.29) is 23.1 Å². The molecule has 1 aromatic carbocycles. The van der Waals surface area contributed by atoms with E-state index < -0.39 is 17.1 Å². The largest absolute Gasteiger partial charge is 0.504 e. The quantitative estimate of drug-likeness (QED) is 0.364. The average Bonchev–Trinajstić information content (AvgIpc) is 2.73. The first kappa shape index (κ1) is 14.9. The minimum Gasteiger partial charge on any atom is -0.504 e. The molecule has 1 atom stereocenters. The molecule has 2 rings (SSSR count). The van der Waals surface area contributed by atoms with Crippen molar-refractivity contribution in [3.05, 3.63) is 23.8 Å². The third-order valence-electron chi connectivity index (χ3n) is 2.49. The Hall–Kier alpha value is -2.55. The zero-order chi connectivity index (χ0) is 15.4. The highest BCUT2D eigenvalue weighted by atomic mass is 32.2. The van der Waals surface area contributed by atoms with Crippen molar-refractivity contribution in [2.45, 2.75) is 11.7 Å². The molecule has 0 aliphatic carbocycles. The summed E-state index contributed by atoms with van der Waals surface area (Å²) < 4.78 is 0. The van der Waals surface area contributed by atoms with Crippen molar-refractivity contribution in [2.75, 3.05) is 0 Å². The van der Waals surface area contributed by atoms with Gasteiger partial charge in [0.1, 0.15) is 5.25 Å². The van der Waals surface area contributed by atoms with Gasteiger partial charge in [-0.15, -0.1) is 5.10 Å². The smallest absolute Gasteiger partial charge is 0.305 e. The van der Waals surface area contributed by atoms with E-state index in [4.69, 9.17) is 10.2 Å². The van der Waals surface area contributed by atoms with E-state index in [0.29, 0.717) is 5.56 Å². The van der Waals surface area contributed by atoms with Crippen LogP contribution in [0.3, 0.4) is 0 Å². The van der Waals surface area contributed by atoms with Crippen LogP contribution in [0.5, 0.6) is 11.5 Å². The van der Waals surface area contributed by atoms with Gasteiger partial charge >= 0.3 is 5.97 Å². The van der Waals surface area contributed by atoms with Crippen LogP contribution in [0.4, 0.5) is 0 Å². The molecule has 0 radical (unpaired) electrons. The maximum Gasteiger partial charge on any atom is 0.305 e. The maximum atomic E-state index is 11.4. The third kappa shape index (κ3) is 3.96. The van der Waals surface area contributed by atoms with E-state index in [1.807, 2.05) is 0 Å². The van der Waals surface area contributed by atoms with Crippen molar-refractivity contribution in [1.29, 1.82) is 0 Å². The lowest BCUT2D eigenvalue weighted by Crippen LogP contribution is -2.26. The topological polar surface area (TPSA) is 132 Å². The van der Waals surface area contributed by atoms with Crippen molar-refractivity contribution >= 4 is 35.0 Å². The lowest BCUT2D eigenvalue weighted by atomic mass is 10.2. The first-order valence-electron chi connectivity index (χ1n) is 5.78. The number of aliphatic carboxylic acids is 1. The van der Waals surface area contributed by atoms with Gasteiger partial charge in [0.2, 0.25) is 5.91 Å². The second kappa shape index (κ2) is 6.27. The molecule has 1 aromatic rings. The van der Waals surface area contributed by atoms with Crippen LogP contribution in [-0.4, -0.2) is 43.8 Å². The van der Waals surface area contributed by atoms with Gasteiger partial charge in [0.05, 0.1) is 12.6 Å². The third-order valence-corrected chi connectivity index (χ3v) is 3.56. The summed E-state index contributed by atoms with van der Waals surface area (Å²) in [4.78, 5) is 22.0. The highest BCUT2D eigenvalue weighted by Gasteiger charge is 2.32. The fourth-order valence-electron chi connectivity index (χ4n) is 1.51. The monoisotopic (exact) mass is 309 g/mol. The lowest BCUT2D eigenvalue weighted by Gasteiger charge is -1.98. The van der Waals surface area contributed by atoms with Crippen molar-refractivity contribution in [3.8, 4) is 11.5 Å². The number of thioether (sulfide) groups is 1. The van der Waals surface area contributed by atoms with Crippen LogP contribution in [0.2, 0.25) is 0 Å². The highest BCUT2D eigenvalue weighted by molar-refractivity contribution is 8.15. The molecule has 8 nitrogen and oxygen atoms in total. The summed E-state index contributed by atoms with van der Waals surface area (Å²) >= 11 is 0.993. The number of carboxylic acid groups (broad SMARTS) is 1. The van der Waals surface area contributed by atoms with Gasteiger partial charge in [-0.25, -0.2) is 0 Å². The lowest BCUT2D eigenvalue weighted by molar-refractivity contribution is -0.138. The molecule has 0 unspecified atom stereocenters. The van der Waals surface area contributed by atoms with Crippen LogP contribution in [0.15, 0.2) is 28.4 Å². The van der Waals surface area contributed by atoms with Crippen LogP contribution >= 0.6 is 11.8 Å². The van der Waals surface area contributed by atoms with Gasteiger partial charge in [-0.05, 0) is 23.8 Å². The van der Waals surface area contributed by atoms with Crippen molar-refractivity contribution in [1.82, 2.24) is 5.32 Å². The Morgan fingerprint density at radius 1 is 1.38 bits per heavy atom. The molecule has 1 fully saturated rings.